The summed E-state index contributed by atoms with van der Waals surface area (Å²) in [6, 6.07) is 15.1. The monoisotopic (exact) mass is 251 g/mol. The van der Waals surface area contributed by atoms with Gasteiger partial charge < -0.3 is 5.32 Å². The molecule has 3 nitrogen and oxygen atoms in total. The van der Waals surface area contributed by atoms with Crippen molar-refractivity contribution in [2.75, 3.05) is 5.32 Å². The van der Waals surface area contributed by atoms with Crippen molar-refractivity contribution in [3.8, 4) is 12.1 Å². The standard InChI is InChI=1S/C15H10FN3/c16-14-4-3-12(9-18)13(7-14)10-19-15-5-1-11(8-17)2-6-15/h1-7,19H,10H2. The molecular formula is C15H10FN3. The van der Waals surface area contributed by atoms with Gasteiger partial charge in [0.25, 0.3) is 0 Å². The molecule has 0 spiro atoms. The van der Waals surface area contributed by atoms with Crippen LogP contribution in [0.2, 0.25) is 0 Å². The minimum absolute atomic E-state index is 0.354. The highest BCUT2D eigenvalue weighted by Crippen LogP contribution is 2.14. The molecule has 0 bridgehead atoms. The van der Waals surface area contributed by atoms with Crippen LogP contribution < -0.4 is 5.32 Å². The third kappa shape index (κ3) is 3.08. The first-order valence-electron chi connectivity index (χ1n) is 5.65. The zero-order valence-electron chi connectivity index (χ0n) is 10.0. The Morgan fingerprint density at radius 1 is 1.00 bits per heavy atom. The van der Waals surface area contributed by atoms with Crippen molar-refractivity contribution >= 4 is 5.69 Å². The summed E-state index contributed by atoms with van der Waals surface area (Å²) in [5, 5.41) is 20.7. The van der Waals surface area contributed by atoms with E-state index in [1.165, 1.54) is 18.2 Å². The van der Waals surface area contributed by atoms with Crippen molar-refractivity contribution in [3.05, 3.63) is 65.0 Å². The maximum Gasteiger partial charge on any atom is 0.123 e. The van der Waals surface area contributed by atoms with Crippen molar-refractivity contribution in [1.29, 1.82) is 10.5 Å². The first-order chi connectivity index (χ1) is 9.22. The van der Waals surface area contributed by atoms with E-state index in [-0.39, 0.29) is 5.82 Å². The van der Waals surface area contributed by atoms with E-state index in [0.29, 0.717) is 23.2 Å². The van der Waals surface area contributed by atoms with Crippen LogP contribution >= 0.6 is 0 Å². The lowest BCUT2D eigenvalue weighted by Crippen LogP contribution is -2.02. The predicted molar refractivity (Wildman–Crippen MR) is 69.6 cm³/mol. The number of hydrogen-bond donors (Lipinski definition) is 1. The summed E-state index contributed by atoms with van der Waals surface area (Å²) in [4.78, 5) is 0. The molecule has 0 aliphatic rings. The fourth-order valence-electron chi connectivity index (χ4n) is 1.68. The lowest BCUT2D eigenvalue weighted by molar-refractivity contribution is 0.625. The van der Waals surface area contributed by atoms with Gasteiger partial charge in [-0.1, -0.05) is 0 Å². The number of nitrogens with one attached hydrogen (secondary N) is 1. The fraction of sp³-hybridized carbons (Fsp3) is 0.0667. The number of nitrogens with zero attached hydrogens (tertiary/aromatic N) is 2. The van der Waals surface area contributed by atoms with Gasteiger partial charge in [0.1, 0.15) is 5.82 Å². The zero-order valence-corrected chi connectivity index (χ0v) is 10.0. The highest BCUT2D eigenvalue weighted by molar-refractivity contribution is 5.48. The largest absolute Gasteiger partial charge is 0.381 e. The van der Waals surface area contributed by atoms with E-state index in [1.54, 1.807) is 24.3 Å². The maximum absolute atomic E-state index is 13.1. The fourth-order valence-corrected chi connectivity index (χ4v) is 1.68. The molecule has 2 aromatic carbocycles. The second-order valence-corrected chi connectivity index (χ2v) is 3.96. The molecular weight excluding hydrogens is 241 g/mol. The summed E-state index contributed by atoms with van der Waals surface area (Å²) in [5.74, 6) is -0.365. The topological polar surface area (TPSA) is 59.6 Å². The molecule has 0 saturated carbocycles. The van der Waals surface area contributed by atoms with E-state index < -0.39 is 0 Å². The summed E-state index contributed by atoms with van der Waals surface area (Å²) in [6.07, 6.45) is 0. The number of nitriles is 2. The van der Waals surface area contributed by atoms with Gasteiger partial charge in [0.2, 0.25) is 0 Å². The van der Waals surface area contributed by atoms with E-state index in [2.05, 4.69) is 5.32 Å². The van der Waals surface area contributed by atoms with E-state index in [4.69, 9.17) is 10.5 Å². The first-order valence-corrected chi connectivity index (χ1v) is 5.65. The number of hydrogen-bond acceptors (Lipinski definition) is 3. The van der Waals surface area contributed by atoms with Crippen molar-refractivity contribution in [2.45, 2.75) is 6.54 Å². The molecule has 0 aromatic heterocycles. The van der Waals surface area contributed by atoms with Gasteiger partial charge in [-0.25, -0.2) is 4.39 Å². The van der Waals surface area contributed by atoms with Gasteiger partial charge >= 0.3 is 0 Å². The van der Waals surface area contributed by atoms with Crippen LogP contribution in [0.15, 0.2) is 42.5 Å². The Morgan fingerprint density at radius 2 is 1.74 bits per heavy atom. The maximum atomic E-state index is 13.1. The zero-order chi connectivity index (χ0) is 13.7. The molecule has 19 heavy (non-hydrogen) atoms. The Bertz CT molecular complexity index is 663. The number of halogens is 1. The molecule has 2 rings (SSSR count). The molecule has 0 heterocycles. The average molecular weight is 251 g/mol. The second-order valence-electron chi connectivity index (χ2n) is 3.96. The van der Waals surface area contributed by atoms with Gasteiger partial charge in [-0.05, 0) is 48.0 Å². The third-order valence-corrected chi connectivity index (χ3v) is 2.68. The minimum Gasteiger partial charge on any atom is -0.381 e. The normalized spacial score (nSPS) is 9.42. The van der Waals surface area contributed by atoms with Crippen molar-refractivity contribution in [3.63, 3.8) is 0 Å². The number of anilines is 1. The number of benzene rings is 2. The molecule has 0 amide bonds. The molecule has 0 radical (unpaired) electrons. The van der Waals surface area contributed by atoms with Gasteiger partial charge in [-0.15, -0.1) is 0 Å². The molecule has 0 saturated heterocycles. The summed E-state index contributed by atoms with van der Waals surface area (Å²) >= 11 is 0. The lowest BCUT2D eigenvalue weighted by Gasteiger charge is -2.08. The third-order valence-electron chi connectivity index (χ3n) is 2.68. The minimum atomic E-state index is -0.365. The molecule has 0 fully saturated rings. The van der Waals surface area contributed by atoms with Gasteiger partial charge in [0, 0.05) is 12.2 Å². The summed E-state index contributed by atoms with van der Waals surface area (Å²) in [5.41, 5.74) is 2.44. The van der Waals surface area contributed by atoms with Gasteiger partial charge in [-0.2, -0.15) is 10.5 Å². The molecule has 0 aliphatic carbocycles. The highest BCUT2D eigenvalue weighted by Gasteiger charge is 2.03. The number of rotatable bonds is 3. The smallest absolute Gasteiger partial charge is 0.123 e. The second kappa shape index (κ2) is 5.66. The Morgan fingerprint density at radius 3 is 2.37 bits per heavy atom. The average Bonchev–Trinajstić information content (AvgIpc) is 2.46. The summed E-state index contributed by atoms with van der Waals surface area (Å²) in [6.45, 7) is 0.354. The van der Waals surface area contributed by atoms with Crippen LogP contribution in [0.1, 0.15) is 16.7 Å². The molecule has 2 aromatic rings. The van der Waals surface area contributed by atoms with Gasteiger partial charge in [-0.3, -0.25) is 0 Å². The Labute approximate surface area is 110 Å². The van der Waals surface area contributed by atoms with Crippen molar-refractivity contribution in [1.82, 2.24) is 0 Å². The van der Waals surface area contributed by atoms with E-state index in [0.717, 1.165) is 5.69 Å². The van der Waals surface area contributed by atoms with E-state index >= 15 is 0 Å². The van der Waals surface area contributed by atoms with Crippen LogP contribution in [0.3, 0.4) is 0 Å². The molecule has 92 valence electrons. The first kappa shape index (κ1) is 12.6. The molecule has 0 unspecified atom stereocenters. The molecule has 0 aliphatic heterocycles. The van der Waals surface area contributed by atoms with Crippen LogP contribution in [-0.4, -0.2) is 0 Å². The quantitative estimate of drug-likeness (QED) is 0.911. The van der Waals surface area contributed by atoms with Crippen LogP contribution in [0.25, 0.3) is 0 Å². The Hall–Kier alpha value is -2.85. The van der Waals surface area contributed by atoms with Crippen LogP contribution in [0, 0.1) is 28.5 Å². The van der Waals surface area contributed by atoms with Gasteiger partial charge in [0.05, 0.1) is 23.3 Å². The van der Waals surface area contributed by atoms with Crippen LogP contribution in [0.5, 0.6) is 0 Å². The van der Waals surface area contributed by atoms with Crippen molar-refractivity contribution in [2.24, 2.45) is 0 Å². The lowest BCUT2D eigenvalue weighted by atomic mass is 10.1. The van der Waals surface area contributed by atoms with E-state index in [1.807, 2.05) is 12.1 Å². The summed E-state index contributed by atoms with van der Waals surface area (Å²) < 4.78 is 13.1. The molecule has 4 heteroatoms. The molecule has 1 N–H and O–H groups in total. The predicted octanol–water partition coefficient (Wildman–Crippen LogP) is 3.18. The van der Waals surface area contributed by atoms with Crippen LogP contribution in [-0.2, 0) is 6.54 Å². The van der Waals surface area contributed by atoms with E-state index in [9.17, 15) is 4.39 Å². The Kier molecular flexibility index (Phi) is 3.75. The SMILES string of the molecule is N#Cc1ccc(NCc2cc(F)ccc2C#N)cc1. The summed E-state index contributed by atoms with van der Waals surface area (Å²) in [7, 11) is 0. The Balaban J connectivity index is 2.12. The van der Waals surface area contributed by atoms with Gasteiger partial charge in [0.15, 0.2) is 0 Å². The molecule has 0 atom stereocenters. The highest BCUT2D eigenvalue weighted by atomic mass is 19.1. The van der Waals surface area contributed by atoms with Crippen molar-refractivity contribution < 1.29 is 4.39 Å². The van der Waals surface area contributed by atoms with Crippen LogP contribution in [0.4, 0.5) is 10.1 Å².